The van der Waals surface area contributed by atoms with Gasteiger partial charge in [-0.05, 0) is 44.7 Å². The van der Waals surface area contributed by atoms with Crippen LogP contribution in [0.4, 0.5) is 0 Å². The monoisotopic (exact) mass is 304 g/mol. The molecule has 2 heterocycles. The van der Waals surface area contributed by atoms with E-state index in [1.807, 2.05) is 24.0 Å². The van der Waals surface area contributed by atoms with Gasteiger partial charge in [0.2, 0.25) is 0 Å². The van der Waals surface area contributed by atoms with Crippen LogP contribution >= 0.6 is 0 Å². The normalized spacial score (nSPS) is 23.0. The Morgan fingerprint density at radius 1 is 1.36 bits per heavy atom. The number of nitrogens with one attached hydrogen (secondary N) is 2. The van der Waals surface area contributed by atoms with E-state index in [1.165, 1.54) is 32.4 Å². The summed E-state index contributed by atoms with van der Waals surface area (Å²) in [5, 5.41) is 11.0. The molecule has 6 nitrogen and oxygen atoms in total. The number of rotatable bonds is 6. The first-order valence-electron chi connectivity index (χ1n) is 8.49. The van der Waals surface area contributed by atoms with Gasteiger partial charge in [0.1, 0.15) is 0 Å². The van der Waals surface area contributed by atoms with Gasteiger partial charge in [-0.3, -0.25) is 4.68 Å². The van der Waals surface area contributed by atoms with Crippen LogP contribution in [-0.2, 0) is 13.6 Å². The summed E-state index contributed by atoms with van der Waals surface area (Å²) in [6.45, 7) is 7.19. The lowest BCUT2D eigenvalue weighted by Gasteiger charge is -2.17. The van der Waals surface area contributed by atoms with Crippen LogP contribution < -0.4 is 10.6 Å². The van der Waals surface area contributed by atoms with Gasteiger partial charge < -0.3 is 15.5 Å². The largest absolute Gasteiger partial charge is 0.357 e. The molecule has 0 aromatic carbocycles. The number of nitrogens with zero attached hydrogens (tertiary/aromatic N) is 4. The van der Waals surface area contributed by atoms with E-state index in [0.29, 0.717) is 6.54 Å². The number of hydrogen-bond acceptors (Lipinski definition) is 3. The van der Waals surface area contributed by atoms with Crippen molar-refractivity contribution in [2.75, 3.05) is 26.2 Å². The predicted octanol–water partition coefficient (Wildman–Crippen LogP) is 0.960. The number of aryl methyl sites for hydroxylation is 1. The molecule has 0 bridgehead atoms. The fraction of sp³-hybridized carbons (Fsp3) is 0.750. The van der Waals surface area contributed by atoms with Gasteiger partial charge in [0.25, 0.3) is 0 Å². The van der Waals surface area contributed by atoms with Crippen molar-refractivity contribution >= 4 is 5.96 Å². The molecule has 1 unspecified atom stereocenters. The van der Waals surface area contributed by atoms with Crippen LogP contribution in [0.2, 0.25) is 0 Å². The van der Waals surface area contributed by atoms with Crippen molar-refractivity contribution in [3.63, 3.8) is 0 Å². The first-order valence-corrected chi connectivity index (χ1v) is 8.49. The van der Waals surface area contributed by atoms with Gasteiger partial charge in [0, 0.05) is 38.9 Å². The minimum atomic E-state index is 0.657. The van der Waals surface area contributed by atoms with Crippen molar-refractivity contribution in [2.45, 2.75) is 38.8 Å². The zero-order chi connectivity index (χ0) is 15.4. The predicted molar refractivity (Wildman–Crippen MR) is 88.7 cm³/mol. The number of likely N-dealkylation sites (tertiary alicyclic amines) is 1. The first kappa shape index (κ1) is 15.3. The Morgan fingerprint density at radius 2 is 2.23 bits per heavy atom. The van der Waals surface area contributed by atoms with Crippen LogP contribution in [0.1, 0.15) is 31.9 Å². The van der Waals surface area contributed by atoms with Crippen LogP contribution in [0.5, 0.6) is 0 Å². The summed E-state index contributed by atoms with van der Waals surface area (Å²) in [7, 11) is 1.95. The third-order valence-corrected chi connectivity index (χ3v) is 4.60. The molecule has 122 valence electrons. The highest BCUT2D eigenvalue weighted by Crippen LogP contribution is 2.31. The summed E-state index contributed by atoms with van der Waals surface area (Å²) in [6, 6.07) is 2.91. The quantitative estimate of drug-likeness (QED) is 0.607. The Morgan fingerprint density at radius 3 is 2.91 bits per heavy atom. The highest BCUT2D eigenvalue weighted by atomic mass is 15.3. The van der Waals surface area contributed by atoms with E-state index in [0.717, 1.165) is 36.7 Å². The van der Waals surface area contributed by atoms with Gasteiger partial charge in [-0.15, -0.1) is 0 Å². The van der Waals surface area contributed by atoms with Gasteiger partial charge in [0.05, 0.1) is 12.2 Å². The minimum Gasteiger partial charge on any atom is -0.357 e. The van der Waals surface area contributed by atoms with Crippen LogP contribution in [0.25, 0.3) is 0 Å². The first-order chi connectivity index (χ1) is 10.8. The van der Waals surface area contributed by atoms with Gasteiger partial charge in [0.15, 0.2) is 5.96 Å². The summed E-state index contributed by atoms with van der Waals surface area (Å²) in [5.74, 6) is 1.66. The average molecular weight is 304 g/mol. The maximum Gasteiger partial charge on any atom is 0.191 e. The van der Waals surface area contributed by atoms with Crippen molar-refractivity contribution in [3.8, 4) is 0 Å². The summed E-state index contributed by atoms with van der Waals surface area (Å²) in [4.78, 5) is 7.32. The van der Waals surface area contributed by atoms with E-state index in [-0.39, 0.29) is 0 Å². The van der Waals surface area contributed by atoms with E-state index in [4.69, 9.17) is 0 Å². The topological polar surface area (TPSA) is 57.5 Å². The molecule has 1 aliphatic heterocycles. The van der Waals surface area contributed by atoms with Crippen molar-refractivity contribution in [1.29, 1.82) is 0 Å². The smallest absolute Gasteiger partial charge is 0.191 e. The lowest BCUT2D eigenvalue weighted by Crippen LogP contribution is -2.40. The highest BCUT2D eigenvalue weighted by molar-refractivity contribution is 5.79. The molecule has 0 radical (unpaired) electrons. The molecule has 2 aliphatic rings. The summed E-state index contributed by atoms with van der Waals surface area (Å²) in [6.07, 6.45) is 5.95. The van der Waals surface area contributed by atoms with E-state index in [2.05, 4.69) is 32.5 Å². The zero-order valence-corrected chi connectivity index (χ0v) is 13.8. The molecule has 0 spiro atoms. The SMILES string of the molecule is CCNC(=NCc1ccnn1C)NCC1CCN(C2CC2)C1. The van der Waals surface area contributed by atoms with E-state index >= 15 is 0 Å². The minimum absolute atomic E-state index is 0.657. The second kappa shape index (κ2) is 7.13. The molecule has 1 aliphatic carbocycles. The number of aromatic nitrogens is 2. The van der Waals surface area contributed by atoms with Crippen molar-refractivity contribution < 1.29 is 0 Å². The van der Waals surface area contributed by atoms with Gasteiger partial charge in [-0.1, -0.05) is 0 Å². The molecular weight excluding hydrogens is 276 g/mol. The lowest BCUT2D eigenvalue weighted by molar-refractivity contribution is 0.314. The number of guanidine groups is 1. The molecule has 1 aromatic rings. The molecule has 1 atom stereocenters. The van der Waals surface area contributed by atoms with E-state index < -0.39 is 0 Å². The molecule has 1 saturated heterocycles. The van der Waals surface area contributed by atoms with Crippen molar-refractivity contribution in [2.24, 2.45) is 18.0 Å². The van der Waals surface area contributed by atoms with E-state index in [1.54, 1.807) is 0 Å². The van der Waals surface area contributed by atoms with Gasteiger partial charge in [-0.2, -0.15) is 5.10 Å². The second-order valence-corrected chi connectivity index (χ2v) is 6.40. The van der Waals surface area contributed by atoms with Crippen molar-refractivity contribution in [3.05, 3.63) is 18.0 Å². The molecule has 2 N–H and O–H groups in total. The number of aliphatic imine (C=N–C) groups is 1. The maximum absolute atomic E-state index is 4.66. The molecule has 1 saturated carbocycles. The average Bonchev–Trinajstić information content (AvgIpc) is 3.12. The molecular formula is C16H28N6. The van der Waals surface area contributed by atoms with Crippen LogP contribution in [-0.4, -0.2) is 52.9 Å². The fourth-order valence-electron chi connectivity index (χ4n) is 3.10. The summed E-state index contributed by atoms with van der Waals surface area (Å²) < 4.78 is 1.87. The Labute approximate surface area is 133 Å². The maximum atomic E-state index is 4.66. The Balaban J connectivity index is 1.47. The molecule has 22 heavy (non-hydrogen) atoms. The fourth-order valence-corrected chi connectivity index (χ4v) is 3.10. The van der Waals surface area contributed by atoms with Crippen LogP contribution in [0, 0.1) is 5.92 Å². The van der Waals surface area contributed by atoms with Crippen LogP contribution in [0.3, 0.4) is 0 Å². The molecule has 2 fully saturated rings. The van der Waals surface area contributed by atoms with Gasteiger partial charge >= 0.3 is 0 Å². The Hall–Kier alpha value is -1.56. The summed E-state index contributed by atoms with van der Waals surface area (Å²) >= 11 is 0. The van der Waals surface area contributed by atoms with Crippen LogP contribution in [0.15, 0.2) is 17.3 Å². The zero-order valence-electron chi connectivity index (χ0n) is 13.8. The second-order valence-electron chi connectivity index (χ2n) is 6.40. The summed E-state index contributed by atoms with van der Waals surface area (Å²) in [5.41, 5.74) is 1.12. The van der Waals surface area contributed by atoms with Crippen molar-refractivity contribution in [1.82, 2.24) is 25.3 Å². The molecule has 3 rings (SSSR count). The Bertz CT molecular complexity index is 504. The molecule has 1 aromatic heterocycles. The van der Waals surface area contributed by atoms with Gasteiger partial charge in [-0.25, -0.2) is 4.99 Å². The third-order valence-electron chi connectivity index (χ3n) is 4.60. The lowest BCUT2D eigenvalue weighted by atomic mass is 10.1. The standard InChI is InChI=1S/C16H28N6/c1-3-17-16(19-11-15-6-8-20-21(15)2)18-10-13-7-9-22(12-13)14-4-5-14/h6,8,13-14H,3-5,7,9-12H2,1-2H3,(H2,17,18,19). The molecule has 0 amide bonds. The van der Waals surface area contributed by atoms with E-state index in [9.17, 15) is 0 Å². The molecule has 6 heteroatoms. The Kier molecular flexibility index (Phi) is 4.97. The number of hydrogen-bond donors (Lipinski definition) is 2. The highest BCUT2D eigenvalue weighted by Gasteiger charge is 2.34. The third kappa shape index (κ3) is 4.00.